The van der Waals surface area contributed by atoms with Crippen LogP contribution in [0.4, 0.5) is 5.13 Å². The van der Waals surface area contributed by atoms with E-state index in [1.807, 2.05) is 0 Å². The second-order valence-electron chi connectivity index (χ2n) is 4.58. The molecule has 0 radical (unpaired) electrons. The lowest BCUT2D eigenvalue weighted by atomic mass is 10.2. The number of rotatable bonds is 7. The molecule has 11 heteroatoms. The fourth-order valence-corrected chi connectivity index (χ4v) is 2.48. The van der Waals surface area contributed by atoms with Gasteiger partial charge in [-0.1, -0.05) is 11.3 Å². The van der Waals surface area contributed by atoms with Crippen molar-refractivity contribution in [3.63, 3.8) is 0 Å². The third kappa shape index (κ3) is 5.69. The molecule has 0 saturated carbocycles. The lowest BCUT2D eigenvalue weighted by Crippen LogP contribution is -2.19. The molecule has 0 saturated heterocycles. The Bertz CT molecular complexity index is 795. The van der Waals surface area contributed by atoms with Crippen LogP contribution in [0.2, 0.25) is 0 Å². The van der Waals surface area contributed by atoms with Gasteiger partial charge >= 0.3 is 0 Å². The smallest absolute Gasteiger partial charge is 0.247 e. The maximum Gasteiger partial charge on any atom is 0.247 e. The predicted molar refractivity (Wildman–Crippen MR) is 93.4 cm³/mol. The standard InChI is InChI=1S/C14H14ClN5O4S/c1-24-10-4-8(2-3-9(10)21)7-16-18-11(22)5-13-19-20-14(25-13)17-12(23)6-15/h2-4,7,21H,5-6H2,1H3,(H,18,22)(H,17,20,23)/b16-7-. The van der Waals surface area contributed by atoms with Gasteiger partial charge in [0.25, 0.3) is 0 Å². The summed E-state index contributed by atoms with van der Waals surface area (Å²) in [4.78, 5) is 22.9. The molecule has 0 aliphatic rings. The van der Waals surface area contributed by atoms with Crippen LogP contribution in [0, 0.1) is 0 Å². The number of carbonyl (C=O) groups is 2. The van der Waals surface area contributed by atoms with E-state index < -0.39 is 11.8 Å². The maximum atomic E-state index is 11.8. The average Bonchev–Trinajstić information content (AvgIpc) is 3.02. The van der Waals surface area contributed by atoms with E-state index in [0.717, 1.165) is 11.3 Å². The van der Waals surface area contributed by atoms with Gasteiger partial charge in [0.2, 0.25) is 16.9 Å². The van der Waals surface area contributed by atoms with Crippen LogP contribution in [-0.2, 0) is 16.0 Å². The molecule has 0 atom stereocenters. The van der Waals surface area contributed by atoms with Gasteiger partial charge < -0.3 is 9.84 Å². The Hall–Kier alpha value is -2.72. The summed E-state index contributed by atoms with van der Waals surface area (Å²) in [6.07, 6.45) is 1.37. The number of hydrogen-bond acceptors (Lipinski definition) is 8. The molecule has 0 spiro atoms. The Kier molecular flexibility index (Phi) is 6.66. The van der Waals surface area contributed by atoms with E-state index in [4.69, 9.17) is 16.3 Å². The minimum Gasteiger partial charge on any atom is -0.504 e. The zero-order valence-electron chi connectivity index (χ0n) is 13.0. The highest BCUT2D eigenvalue weighted by Gasteiger charge is 2.10. The normalized spacial score (nSPS) is 10.6. The summed E-state index contributed by atoms with van der Waals surface area (Å²) in [5.74, 6) is -0.671. The second-order valence-corrected chi connectivity index (χ2v) is 5.91. The van der Waals surface area contributed by atoms with Crippen molar-refractivity contribution in [3.05, 3.63) is 28.8 Å². The van der Waals surface area contributed by atoms with Gasteiger partial charge in [-0.2, -0.15) is 5.10 Å². The first-order chi connectivity index (χ1) is 12.0. The van der Waals surface area contributed by atoms with Gasteiger partial charge in [0.15, 0.2) is 11.5 Å². The van der Waals surface area contributed by atoms with Gasteiger partial charge in [-0.25, -0.2) is 5.43 Å². The number of halogens is 1. The Morgan fingerprint density at radius 3 is 2.92 bits per heavy atom. The van der Waals surface area contributed by atoms with Crippen LogP contribution < -0.4 is 15.5 Å². The molecular weight excluding hydrogens is 370 g/mol. The predicted octanol–water partition coefficient (Wildman–Crippen LogP) is 1.12. The molecule has 3 N–H and O–H groups in total. The molecule has 0 unspecified atom stereocenters. The number of ether oxygens (including phenoxy) is 1. The zero-order valence-corrected chi connectivity index (χ0v) is 14.6. The van der Waals surface area contributed by atoms with Crippen LogP contribution in [0.3, 0.4) is 0 Å². The Morgan fingerprint density at radius 1 is 1.40 bits per heavy atom. The second kappa shape index (κ2) is 8.94. The summed E-state index contributed by atoms with van der Waals surface area (Å²) in [6, 6.07) is 4.64. The highest BCUT2D eigenvalue weighted by Crippen LogP contribution is 2.25. The fourth-order valence-electron chi connectivity index (χ4n) is 1.66. The number of nitrogens with one attached hydrogen (secondary N) is 2. The zero-order chi connectivity index (χ0) is 18.2. The van der Waals surface area contributed by atoms with E-state index in [-0.39, 0.29) is 23.2 Å². The number of aromatic nitrogens is 2. The van der Waals surface area contributed by atoms with Crippen molar-refractivity contribution in [3.8, 4) is 11.5 Å². The molecule has 0 aliphatic carbocycles. The topological polar surface area (TPSA) is 126 Å². The molecule has 25 heavy (non-hydrogen) atoms. The first kappa shape index (κ1) is 18.6. The van der Waals surface area contributed by atoms with Crippen molar-refractivity contribution in [1.29, 1.82) is 0 Å². The summed E-state index contributed by atoms with van der Waals surface area (Å²) in [6.45, 7) is 0. The average molecular weight is 384 g/mol. The SMILES string of the molecule is COc1cc(/C=N\NC(=O)Cc2nnc(NC(=O)CCl)s2)ccc1O. The first-order valence-corrected chi connectivity index (χ1v) is 8.24. The molecule has 9 nitrogen and oxygen atoms in total. The molecule has 1 aromatic heterocycles. The van der Waals surface area contributed by atoms with E-state index in [1.165, 1.54) is 19.4 Å². The molecule has 0 fully saturated rings. The minimum atomic E-state index is -0.400. The molecule has 0 aliphatic heterocycles. The molecule has 0 bridgehead atoms. The number of alkyl halides is 1. The summed E-state index contributed by atoms with van der Waals surface area (Å²) in [7, 11) is 1.43. The van der Waals surface area contributed by atoms with Crippen molar-refractivity contribution >= 4 is 46.1 Å². The number of benzene rings is 1. The Morgan fingerprint density at radius 2 is 2.20 bits per heavy atom. The van der Waals surface area contributed by atoms with Crippen molar-refractivity contribution in [2.45, 2.75) is 6.42 Å². The third-order valence-corrected chi connectivity index (χ3v) is 3.83. The van der Waals surface area contributed by atoms with Gasteiger partial charge in [-0.05, 0) is 23.8 Å². The first-order valence-electron chi connectivity index (χ1n) is 6.89. The van der Waals surface area contributed by atoms with E-state index in [1.54, 1.807) is 12.1 Å². The summed E-state index contributed by atoms with van der Waals surface area (Å²) in [5.41, 5.74) is 2.99. The number of anilines is 1. The number of nitrogens with zero attached hydrogens (tertiary/aromatic N) is 3. The number of phenols is 1. The van der Waals surface area contributed by atoms with E-state index in [2.05, 4.69) is 26.0 Å². The van der Waals surface area contributed by atoms with Gasteiger partial charge in [0.1, 0.15) is 10.9 Å². The van der Waals surface area contributed by atoms with Gasteiger partial charge in [0.05, 0.1) is 19.7 Å². The van der Waals surface area contributed by atoms with E-state index >= 15 is 0 Å². The van der Waals surface area contributed by atoms with Crippen LogP contribution >= 0.6 is 22.9 Å². The third-order valence-electron chi connectivity index (χ3n) is 2.75. The molecule has 2 amide bonds. The largest absolute Gasteiger partial charge is 0.504 e. The number of aromatic hydroxyl groups is 1. The number of amides is 2. The lowest BCUT2D eigenvalue weighted by Gasteiger charge is -2.03. The summed E-state index contributed by atoms with van der Waals surface area (Å²) < 4.78 is 4.98. The monoisotopic (exact) mass is 383 g/mol. The number of phenolic OH excluding ortho intramolecular Hbond substituents is 1. The molecule has 2 aromatic rings. The van der Waals surface area contributed by atoms with E-state index in [0.29, 0.717) is 16.3 Å². The highest BCUT2D eigenvalue weighted by atomic mass is 35.5. The number of hydrazone groups is 1. The molecular formula is C14H14ClN5O4S. The fraction of sp³-hybridized carbons (Fsp3) is 0.214. The van der Waals surface area contributed by atoms with Crippen LogP contribution in [0.15, 0.2) is 23.3 Å². The number of hydrogen-bond donors (Lipinski definition) is 3. The minimum absolute atomic E-state index is 0.0111. The van der Waals surface area contributed by atoms with Crippen LogP contribution in [-0.4, -0.2) is 46.3 Å². The Labute approximate surface area is 151 Å². The van der Waals surface area contributed by atoms with Crippen molar-refractivity contribution < 1.29 is 19.4 Å². The molecule has 2 rings (SSSR count). The number of carbonyl (C=O) groups excluding carboxylic acids is 2. The molecule has 132 valence electrons. The van der Waals surface area contributed by atoms with Crippen molar-refractivity contribution in [2.75, 3.05) is 18.3 Å². The van der Waals surface area contributed by atoms with E-state index in [9.17, 15) is 14.7 Å². The van der Waals surface area contributed by atoms with Crippen LogP contribution in [0.1, 0.15) is 10.6 Å². The van der Waals surface area contributed by atoms with Crippen LogP contribution in [0.25, 0.3) is 0 Å². The summed E-state index contributed by atoms with van der Waals surface area (Å²) in [5, 5.41) is 24.0. The maximum absolute atomic E-state index is 11.8. The van der Waals surface area contributed by atoms with Gasteiger partial charge in [-0.15, -0.1) is 21.8 Å². The van der Waals surface area contributed by atoms with Gasteiger partial charge in [-0.3, -0.25) is 14.9 Å². The quantitative estimate of drug-likeness (QED) is 0.373. The lowest BCUT2D eigenvalue weighted by molar-refractivity contribution is -0.120. The van der Waals surface area contributed by atoms with Crippen molar-refractivity contribution in [1.82, 2.24) is 15.6 Å². The number of methoxy groups -OCH3 is 1. The molecule has 1 heterocycles. The highest BCUT2D eigenvalue weighted by molar-refractivity contribution is 7.15. The van der Waals surface area contributed by atoms with Crippen molar-refractivity contribution in [2.24, 2.45) is 5.10 Å². The summed E-state index contributed by atoms with van der Waals surface area (Å²) >= 11 is 6.44. The Balaban J connectivity index is 1.87. The van der Waals surface area contributed by atoms with Crippen LogP contribution in [0.5, 0.6) is 11.5 Å². The molecule has 1 aromatic carbocycles. The van der Waals surface area contributed by atoms with Gasteiger partial charge in [0, 0.05) is 0 Å².